The van der Waals surface area contributed by atoms with E-state index in [-0.39, 0.29) is 23.4 Å². The fourth-order valence-electron chi connectivity index (χ4n) is 1.92. The zero-order chi connectivity index (χ0) is 16.0. The van der Waals surface area contributed by atoms with Gasteiger partial charge >= 0.3 is 5.69 Å². The maximum absolute atomic E-state index is 13.4. The molecule has 7 heteroatoms. The monoisotopic (exact) mass is 297 g/mol. The number of halogens is 1. The highest BCUT2D eigenvalue weighted by Gasteiger charge is 2.19. The average molecular weight is 297 g/mol. The van der Waals surface area contributed by atoms with E-state index in [2.05, 4.69) is 5.32 Å². The molecule has 0 aliphatic rings. The van der Waals surface area contributed by atoms with Gasteiger partial charge in [-0.3, -0.25) is 14.9 Å². The summed E-state index contributed by atoms with van der Waals surface area (Å²) in [7, 11) is 0. The van der Waals surface area contributed by atoms with E-state index in [0.717, 1.165) is 18.6 Å². The second kappa shape index (κ2) is 7.12. The van der Waals surface area contributed by atoms with Crippen LogP contribution in [0.1, 0.15) is 33.1 Å². The molecule has 0 aromatic heterocycles. The van der Waals surface area contributed by atoms with Crippen molar-refractivity contribution in [3.05, 3.63) is 34.1 Å². The van der Waals surface area contributed by atoms with Gasteiger partial charge in [-0.15, -0.1) is 0 Å². The minimum atomic E-state index is -0.971. The fourth-order valence-corrected chi connectivity index (χ4v) is 1.92. The van der Waals surface area contributed by atoms with E-state index < -0.39 is 16.4 Å². The van der Waals surface area contributed by atoms with Crippen LogP contribution in [0.5, 0.6) is 0 Å². The molecule has 0 heterocycles. The van der Waals surface area contributed by atoms with Crippen molar-refractivity contribution in [1.82, 2.24) is 0 Å². The van der Waals surface area contributed by atoms with Crippen LogP contribution in [0.3, 0.4) is 0 Å². The molecule has 3 N–H and O–H groups in total. The summed E-state index contributed by atoms with van der Waals surface area (Å²) in [4.78, 5) is 21.5. The number of benzene rings is 1. The van der Waals surface area contributed by atoms with Crippen LogP contribution < -0.4 is 11.1 Å². The number of amides is 1. The van der Waals surface area contributed by atoms with Crippen molar-refractivity contribution in [2.45, 2.75) is 33.1 Å². The number of hydrogen-bond acceptors (Lipinski definition) is 4. The van der Waals surface area contributed by atoms with Gasteiger partial charge in [0, 0.05) is 24.2 Å². The third kappa shape index (κ3) is 5.47. The van der Waals surface area contributed by atoms with E-state index in [9.17, 15) is 19.3 Å². The molecule has 1 aromatic rings. The van der Waals surface area contributed by atoms with E-state index in [1.807, 2.05) is 13.8 Å². The summed E-state index contributed by atoms with van der Waals surface area (Å²) in [6.45, 7) is 4.61. The highest BCUT2D eigenvalue weighted by molar-refractivity contribution is 5.90. The molecule has 0 fully saturated rings. The van der Waals surface area contributed by atoms with E-state index in [4.69, 9.17) is 5.73 Å². The van der Waals surface area contributed by atoms with Crippen molar-refractivity contribution >= 4 is 17.3 Å². The van der Waals surface area contributed by atoms with Crippen LogP contribution in [0.25, 0.3) is 0 Å². The van der Waals surface area contributed by atoms with Crippen LogP contribution in [0.2, 0.25) is 0 Å². The number of nitrogens with two attached hydrogens (primary N) is 1. The first-order chi connectivity index (χ1) is 9.75. The lowest BCUT2D eigenvalue weighted by Crippen LogP contribution is -2.20. The molecule has 0 spiro atoms. The highest BCUT2D eigenvalue weighted by atomic mass is 19.1. The number of nitrogens with zero attached hydrogens (tertiary/aromatic N) is 1. The van der Waals surface area contributed by atoms with E-state index in [0.29, 0.717) is 13.0 Å². The smallest absolute Gasteiger partial charge is 0.304 e. The molecule has 0 bridgehead atoms. The van der Waals surface area contributed by atoms with Crippen molar-refractivity contribution in [1.29, 1.82) is 0 Å². The molecule has 1 aromatic carbocycles. The third-order valence-electron chi connectivity index (χ3n) is 3.28. The van der Waals surface area contributed by atoms with E-state index in [1.165, 1.54) is 6.07 Å². The molecule has 0 saturated carbocycles. The molecule has 21 heavy (non-hydrogen) atoms. The standard InChI is InChI=1S/C14H20FN3O3/c1-14(2,7-8-16)6-5-13(19)17-10-3-4-12(18(20)21)11(15)9-10/h3-4,9H,5-8,16H2,1-2H3,(H,17,19). The second-order valence-electron chi connectivity index (χ2n) is 5.67. The Hall–Kier alpha value is -2.02. The lowest BCUT2D eigenvalue weighted by Gasteiger charge is -2.23. The predicted molar refractivity (Wildman–Crippen MR) is 78.4 cm³/mol. The molecule has 6 nitrogen and oxygen atoms in total. The summed E-state index contributed by atoms with van der Waals surface area (Å²) in [5.41, 5.74) is 5.06. The van der Waals surface area contributed by atoms with Crippen molar-refractivity contribution < 1.29 is 14.1 Å². The fraction of sp³-hybridized carbons (Fsp3) is 0.500. The van der Waals surface area contributed by atoms with Crippen LogP contribution >= 0.6 is 0 Å². The lowest BCUT2D eigenvalue weighted by molar-refractivity contribution is -0.387. The van der Waals surface area contributed by atoms with Gasteiger partial charge in [-0.05, 0) is 30.9 Å². The first-order valence-electron chi connectivity index (χ1n) is 6.69. The van der Waals surface area contributed by atoms with E-state index >= 15 is 0 Å². The second-order valence-corrected chi connectivity index (χ2v) is 5.67. The quantitative estimate of drug-likeness (QED) is 0.597. The summed E-state index contributed by atoms with van der Waals surface area (Å²) in [6, 6.07) is 3.29. The molecular weight excluding hydrogens is 277 g/mol. The van der Waals surface area contributed by atoms with Crippen LogP contribution in [0.4, 0.5) is 15.8 Å². The zero-order valence-corrected chi connectivity index (χ0v) is 12.2. The first kappa shape index (κ1) is 17.0. The normalized spacial score (nSPS) is 11.2. The molecule has 0 unspecified atom stereocenters. The number of rotatable bonds is 7. The molecule has 1 rings (SSSR count). The SMILES string of the molecule is CC(C)(CCN)CCC(=O)Nc1ccc([N+](=O)[O-])c(F)c1. The number of nitrogens with one attached hydrogen (secondary N) is 1. The number of carbonyl (C=O) groups excluding carboxylic acids is 1. The van der Waals surface area contributed by atoms with Gasteiger partial charge in [0.25, 0.3) is 0 Å². The zero-order valence-electron chi connectivity index (χ0n) is 12.2. The topological polar surface area (TPSA) is 98.3 Å². The molecule has 0 aliphatic heterocycles. The third-order valence-corrected chi connectivity index (χ3v) is 3.28. The Bertz CT molecular complexity index is 532. The maximum Gasteiger partial charge on any atom is 0.304 e. The summed E-state index contributed by atoms with van der Waals surface area (Å²) < 4.78 is 13.4. The van der Waals surface area contributed by atoms with E-state index in [1.54, 1.807) is 0 Å². The molecule has 0 radical (unpaired) electrons. The van der Waals surface area contributed by atoms with Crippen LogP contribution in [0.15, 0.2) is 18.2 Å². The number of nitro groups is 1. The minimum Gasteiger partial charge on any atom is -0.330 e. The van der Waals surface area contributed by atoms with Gasteiger partial charge in [0.2, 0.25) is 11.7 Å². The van der Waals surface area contributed by atoms with Gasteiger partial charge in [-0.2, -0.15) is 4.39 Å². The van der Waals surface area contributed by atoms with Gasteiger partial charge in [0.1, 0.15) is 0 Å². The molecular formula is C14H20FN3O3. The van der Waals surface area contributed by atoms with Gasteiger partial charge in [-0.25, -0.2) is 0 Å². The molecule has 116 valence electrons. The predicted octanol–water partition coefficient (Wildman–Crippen LogP) is 2.83. The Balaban J connectivity index is 2.59. The van der Waals surface area contributed by atoms with Gasteiger partial charge in [-0.1, -0.05) is 13.8 Å². The van der Waals surface area contributed by atoms with Crippen LogP contribution in [-0.2, 0) is 4.79 Å². The first-order valence-corrected chi connectivity index (χ1v) is 6.69. The van der Waals surface area contributed by atoms with Crippen molar-refractivity contribution in [2.75, 3.05) is 11.9 Å². The molecule has 0 aliphatic carbocycles. The van der Waals surface area contributed by atoms with Crippen molar-refractivity contribution in [3.63, 3.8) is 0 Å². The summed E-state index contributed by atoms with van der Waals surface area (Å²) in [5, 5.41) is 13.0. The summed E-state index contributed by atoms with van der Waals surface area (Å²) in [6.07, 6.45) is 1.75. The lowest BCUT2D eigenvalue weighted by atomic mass is 9.84. The Morgan fingerprint density at radius 3 is 2.62 bits per heavy atom. The molecule has 0 atom stereocenters. The number of nitro benzene ring substituents is 1. The van der Waals surface area contributed by atoms with Crippen LogP contribution in [0, 0.1) is 21.3 Å². The Morgan fingerprint density at radius 2 is 2.10 bits per heavy atom. The van der Waals surface area contributed by atoms with Crippen LogP contribution in [-0.4, -0.2) is 17.4 Å². The van der Waals surface area contributed by atoms with Gasteiger partial charge < -0.3 is 11.1 Å². The van der Waals surface area contributed by atoms with Crippen molar-refractivity contribution in [2.24, 2.45) is 11.1 Å². The minimum absolute atomic E-state index is 0.0349. The van der Waals surface area contributed by atoms with Crippen molar-refractivity contribution in [3.8, 4) is 0 Å². The summed E-state index contributed by atoms with van der Waals surface area (Å²) in [5.74, 6) is -1.23. The number of carbonyl (C=O) groups is 1. The average Bonchev–Trinajstić information content (AvgIpc) is 2.36. The number of hydrogen-bond donors (Lipinski definition) is 2. The molecule has 1 amide bonds. The number of anilines is 1. The summed E-state index contributed by atoms with van der Waals surface area (Å²) >= 11 is 0. The maximum atomic E-state index is 13.4. The molecule has 0 saturated heterocycles. The Labute approximate surface area is 122 Å². The Kier molecular flexibility index (Phi) is 5.78. The Morgan fingerprint density at radius 1 is 1.43 bits per heavy atom. The highest BCUT2D eigenvalue weighted by Crippen LogP contribution is 2.26. The van der Waals surface area contributed by atoms with Gasteiger partial charge in [0.15, 0.2) is 0 Å². The van der Waals surface area contributed by atoms with Gasteiger partial charge in [0.05, 0.1) is 4.92 Å². The largest absolute Gasteiger partial charge is 0.330 e.